The minimum Gasteiger partial charge on any atom is -0.375 e. The molecule has 0 aliphatic rings. The third kappa shape index (κ3) is 4.63. The van der Waals surface area contributed by atoms with Crippen LogP contribution in [-0.4, -0.2) is 26.4 Å². The lowest BCUT2D eigenvalue weighted by Crippen LogP contribution is -2.32. The number of hydrogen-bond donors (Lipinski definition) is 1. The molecule has 16 heavy (non-hydrogen) atoms. The van der Waals surface area contributed by atoms with Gasteiger partial charge in [0.25, 0.3) is 0 Å². The Morgan fingerprint density at radius 3 is 2.38 bits per heavy atom. The van der Waals surface area contributed by atoms with Gasteiger partial charge in [0.15, 0.2) is 0 Å². The van der Waals surface area contributed by atoms with Crippen LogP contribution in [0.4, 0.5) is 13.2 Å². The average Bonchev–Trinajstić information content (AvgIpc) is 2.24. The summed E-state index contributed by atoms with van der Waals surface area (Å²) in [4.78, 5) is 0. The number of methoxy groups -OCH3 is 1. The van der Waals surface area contributed by atoms with E-state index in [-0.39, 0.29) is 12.6 Å². The summed E-state index contributed by atoms with van der Waals surface area (Å²) in [6.07, 6.45) is -4.54. The van der Waals surface area contributed by atoms with Crippen molar-refractivity contribution in [3.63, 3.8) is 0 Å². The van der Waals surface area contributed by atoms with Crippen molar-refractivity contribution >= 4 is 0 Å². The van der Waals surface area contributed by atoms with Crippen LogP contribution >= 0.6 is 0 Å². The molecule has 1 N–H and O–H groups in total. The van der Waals surface area contributed by atoms with Gasteiger partial charge in [0, 0.05) is 13.7 Å². The van der Waals surface area contributed by atoms with E-state index in [1.807, 2.05) is 30.3 Å². The summed E-state index contributed by atoms with van der Waals surface area (Å²) in [5.74, 6) is 0. The monoisotopic (exact) mass is 233 g/mol. The van der Waals surface area contributed by atoms with Gasteiger partial charge in [0.2, 0.25) is 0 Å². The average molecular weight is 233 g/mol. The van der Waals surface area contributed by atoms with E-state index in [9.17, 15) is 13.2 Å². The molecule has 1 aromatic rings. The Morgan fingerprint density at radius 2 is 1.88 bits per heavy atom. The predicted octanol–water partition coefficient (Wildman–Crippen LogP) is 2.53. The van der Waals surface area contributed by atoms with E-state index in [2.05, 4.69) is 5.32 Å². The zero-order valence-electron chi connectivity index (χ0n) is 8.92. The smallest absolute Gasteiger partial charge is 0.375 e. The van der Waals surface area contributed by atoms with Crippen molar-refractivity contribution in [2.45, 2.75) is 12.3 Å². The summed E-state index contributed by atoms with van der Waals surface area (Å²) in [5, 5.41) is 2.32. The minimum absolute atomic E-state index is 0.139. The molecule has 0 heterocycles. The van der Waals surface area contributed by atoms with Crippen LogP contribution in [0.5, 0.6) is 0 Å². The highest BCUT2D eigenvalue weighted by molar-refractivity contribution is 5.17. The standard InChI is InChI=1S/C11H14F3NO/c1-16-10(7-15-8-11(12,13)14)9-5-3-2-4-6-9/h2-6,10,15H,7-8H2,1H3. The molecule has 0 saturated heterocycles. The SMILES string of the molecule is COC(CNCC(F)(F)F)c1ccccc1. The van der Waals surface area contributed by atoms with Gasteiger partial charge in [-0.2, -0.15) is 13.2 Å². The Labute approximate surface area is 92.4 Å². The molecule has 0 radical (unpaired) electrons. The van der Waals surface area contributed by atoms with Gasteiger partial charge in [-0.1, -0.05) is 30.3 Å². The predicted molar refractivity (Wildman–Crippen MR) is 55.1 cm³/mol. The van der Waals surface area contributed by atoms with Crippen molar-refractivity contribution in [3.8, 4) is 0 Å². The topological polar surface area (TPSA) is 21.3 Å². The maximum atomic E-state index is 11.9. The van der Waals surface area contributed by atoms with Crippen LogP contribution in [0.15, 0.2) is 30.3 Å². The zero-order valence-corrected chi connectivity index (χ0v) is 8.92. The van der Waals surface area contributed by atoms with Crippen LogP contribution in [0.2, 0.25) is 0 Å². The highest BCUT2D eigenvalue weighted by Crippen LogP contribution is 2.16. The molecule has 0 aromatic heterocycles. The summed E-state index contributed by atoms with van der Waals surface area (Å²) in [6, 6.07) is 9.14. The first kappa shape index (κ1) is 13.0. The van der Waals surface area contributed by atoms with E-state index >= 15 is 0 Å². The van der Waals surface area contributed by atoms with E-state index in [4.69, 9.17) is 4.74 Å². The first-order valence-corrected chi connectivity index (χ1v) is 4.88. The molecule has 1 atom stereocenters. The second-order valence-corrected chi connectivity index (χ2v) is 3.38. The molecule has 0 bridgehead atoms. The number of benzene rings is 1. The Kier molecular flexibility index (Phi) is 4.76. The van der Waals surface area contributed by atoms with E-state index in [0.717, 1.165) is 5.56 Å². The van der Waals surface area contributed by atoms with Crippen LogP contribution in [0.1, 0.15) is 11.7 Å². The van der Waals surface area contributed by atoms with Crippen molar-refractivity contribution in [2.75, 3.05) is 20.2 Å². The minimum atomic E-state index is -4.19. The highest BCUT2D eigenvalue weighted by atomic mass is 19.4. The Bertz CT molecular complexity index is 300. The van der Waals surface area contributed by atoms with E-state index < -0.39 is 12.7 Å². The summed E-state index contributed by atoms with van der Waals surface area (Å²) in [7, 11) is 1.48. The largest absolute Gasteiger partial charge is 0.401 e. The molecule has 90 valence electrons. The fourth-order valence-corrected chi connectivity index (χ4v) is 1.35. The van der Waals surface area contributed by atoms with Gasteiger partial charge in [-0.05, 0) is 5.56 Å². The van der Waals surface area contributed by atoms with Gasteiger partial charge >= 0.3 is 6.18 Å². The van der Waals surface area contributed by atoms with Crippen LogP contribution in [0.25, 0.3) is 0 Å². The quantitative estimate of drug-likeness (QED) is 0.843. The van der Waals surface area contributed by atoms with Crippen LogP contribution in [-0.2, 0) is 4.74 Å². The number of alkyl halides is 3. The molecule has 2 nitrogen and oxygen atoms in total. The van der Waals surface area contributed by atoms with Crippen molar-refractivity contribution in [1.29, 1.82) is 0 Å². The number of ether oxygens (including phenoxy) is 1. The molecule has 0 spiro atoms. The Morgan fingerprint density at radius 1 is 1.25 bits per heavy atom. The second kappa shape index (κ2) is 5.86. The third-order valence-electron chi connectivity index (χ3n) is 2.11. The van der Waals surface area contributed by atoms with Gasteiger partial charge in [-0.15, -0.1) is 0 Å². The lowest BCUT2D eigenvalue weighted by atomic mass is 10.1. The molecule has 0 saturated carbocycles. The van der Waals surface area contributed by atoms with Crippen LogP contribution in [0, 0.1) is 0 Å². The maximum absolute atomic E-state index is 11.9. The molecule has 1 unspecified atom stereocenters. The Balaban J connectivity index is 2.45. The fraction of sp³-hybridized carbons (Fsp3) is 0.455. The first-order valence-electron chi connectivity index (χ1n) is 4.88. The van der Waals surface area contributed by atoms with Crippen LogP contribution < -0.4 is 5.32 Å². The van der Waals surface area contributed by atoms with E-state index in [1.165, 1.54) is 7.11 Å². The molecular weight excluding hydrogens is 219 g/mol. The molecule has 0 amide bonds. The molecular formula is C11H14F3NO. The third-order valence-corrected chi connectivity index (χ3v) is 2.11. The fourth-order valence-electron chi connectivity index (χ4n) is 1.35. The number of hydrogen-bond acceptors (Lipinski definition) is 2. The maximum Gasteiger partial charge on any atom is 0.401 e. The van der Waals surface area contributed by atoms with E-state index in [0.29, 0.717) is 0 Å². The lowest BCUT2D eigenvalue weighted by molar-refractivity contribution is -0.125. The van der Waals surface area contributed by atoms with E-state index in [1.54, 1.807) is 0 Å². The highest BCUT2D eigenvalue weighted by Gasteiger charge is 2.26. The number of rotatable bonds is 5. The summed E-state index contributed by atoms with van der Waals surface area (Å²) in [6.45, 7) is -0.861. The Hall–Kier alpha value is -1.07. The van der Waals surface area contributed by atoms with Crippen molar-refractivity contribution in [1.82, 2.24) is 5.32 Å². The second-order valence-electron chi connectivity index (χ2n) is 3.38. The van der Waals surface area contributed by atoms with Gasteiger partial charge in [0.1, 0.15) is 0 Å². The molecule has 0 fully saturated rings. The van der Waals surface area contributed by atoms with Gasteiger partial charge < -0.3 is 10.1 Å². The molecule has 0 aliphatic heterocycles. The summed E-state index contributed by atoms with van der Waals surface area (Å²) in [5.41, 5.74) is 0.861. The van der Waals surface area contributed by atoms with Gasteiger partial charge in [-0.3, -0.25) is 0 Å². The van der Waals surface area contributed by atoms with Gasteiger partial charge in [-0.25, -0.2) is 0 Å². The molecule has 0 aliphatic carbocycles. The molecule has 1 rings (SSSR count). The number of halogens is 3. The summed E-state index contributed by atoms with van der Waals surface area (Å²) >= 11 is 0. The van der Waals surface area contributed by atoms with Crippen LogP contribution in [0.3, 0.4) is 0 Å². The molecule has 1 aromatic carbocycles. The van der Waals surface area contributed by atoms with Crippen molar-refractivity contribution in [2.24, 2.45) is 0 Å². The summed E-state index contributed by atoms with van der Waals surface area (Å²) < 4.78 is 40.8. The van der Waals surface area contributed by atoms with Crippen molar-refractivity contribution < 1.29 is 17.9 Å². The zero-order chi connectivity index (χ0) is 12.0. The normalized spacial score (nSPS) is 13.8. The lowest BCUT2D eigenvalue weighted by Gasteiger charge is -2.17. The first-order chi connectivity index (χ1) is 7.53. The van der Waals surface area contributed by atoms with Gasteiger partial charge in [0.05, 0.1) is 12.6 Å². The molecule has 5 heteroatoms. The van der Waals surface area contributed by atoms with Crippen molar-refractivity contribution in [3.05, 3.63) is 35.9 Å². The number of nitrogens with one attached hydrogen (secondary N) is 1.